The van der Waals surface area contributed by atoms with Crippen molar-refractivity contribution in [3.05, 3.63) is 59.9 Å². The number of methoxy groups -OCH3 is 1. The monoisotopic (exact) mass is 456 g/mol. The molecule has 1 aromatic heterocycles. The second kappa shape index (κ2) is 10.8. The summed E-state index contributed by atoms with van der Waals surface area (Å²) in [4.78, 5) is 25.4. The van der Waals surface area contributed by atoms with E-state index in [0.717, 1.165) is 11.3 Å². The maximum absolute atomic E-state index is 13.1. The summed E-state index contributed by atoms with van der Waals surface area (Å²) >= 11 is 1.24. The minimum absolute atomic E-state index is 0.0565. The molecule has 0 bridgehead atoms. The Balaban J connectivity index is 1.66. The van der Waals surface area contributed by atoms with Gasteiger partial charge >= 0.3 is 0 Å². The van der Waals surface area contributed by atoms with E-state index in [4.69, 9.17) is 4.74 Å². The number of anilines is 1. The SMILES string of the molecule is CCC(C)C(NC(=O)Cc1ccc(F)cc1)C(=O)Nc1nnc(-c2ccc(OC)cc2)s1. The zero-order valence-electron chi connectivity index (χ0n) is 18.1. The van der Waals surface area contributed by atoms with Gasteiger partial charge in [-0.15, -0.1) is 10.2 Å². The maximum atomic E-state index is 13.1. The Kier molecular flexibility index (Phi) is 7.88. The minimum Gasteiger partial charge on any atom is -0.497 e. The second-order valence-corrected chi connectivity index (χ2v) is 8.34. The molecule has 0 radical (unpaired) electrons. The van der Waals surface area contributed by atoms with Crippen molar-refractivity contribution >= 4 is 28.3 Å². The van der Waals surface area contributed by atoms with Gasteiger partial charge in [0.2, 0.25) is 16.9 Å². The largest absolute Gasteiger partial charge is 0.497 e. The van der Waals surface area contributed by atoms with Crippen LogP contribution in [-0.4, -0.2) is 35.2 Å². The summed E-state index contributed by atoms with van der Waals surface area (Å²) in [5.74, 6) is -0.393. The molecule has 2 N–H and O–H groups in total. The molecular formula is C23H25FN4O3S. The van der Waals surface area contributed by atoms with Gasteiger partial charge in [0.05, 0.1) is 13.5 Å². The van der Waals surface area contributed by atoms with E-state index in [1.165, 1.54) is 23.5 Å². The standard InChI is InChI=1S/C23H25FN4O3S/c1-4-14(2)20(25-19(29)13-15-5-9-17(24)10-6-15)21(30)26-23-28-27-22(32-23)16-7-11-18(31-3)12-8-16/h5-12,14,20H,4,13H2,1-3H3,(H,25,29)(H,26,28,30). The number of hydrogen-bond donors (Lipinski definition) is 2. The summed E-state index contributed by atoms with van der Waals surface area (Å²) in [6.07, 6.45) is 0.753. The van der Waals surface area contributed by atoms with Crippen molar-refractivity contribution in [1.82, 2.24) is 15.5 Å². The third-order valence-corrected chi connectivity index (χ3v) is 5.97. The maximum Gasteiger partial charge on any atom is 0.249 e. The van der Waals surface area contributed by atoms with Crippen molar-refractivity contribution in [3.8, 4) is 16.3 Å². The quantitative estimate of drug-likeness (QED) is 0.506. The minimum atomic E-state index is -0.735. The van der Waals surface area contributed by atoms with Crippen LogP contribution in [0.25, 0.3) is 10.6 Å². The lowest BCUT2D eigenvalue weighted by Gasteiger charge is -2.23. The second-order valence-electron chi connectivity index (χ2n) is 7.36. The zero-order valence-corrected chi connectivity index (χ0v) is 18.9. The van der Waals surface area contributed by atoms with Gasteiger partial charge in [-0.3, -0.25) is 14.9 Å². The molecule has 2 atom stereocenters. The highest BCUT2D eigenvalue weighted by atomic mass is 32.1. The summed E-state index contributed by atoms with van der Waals surface area (Å²) in [6.45, 7) is 3.84. The molecule has 1 heterocycles. The fraction of sp³-hybridized carbons (Fsp3) is 0.304. The van der Waals surface area contributed by atoms with Crippen LogP contribution in [0.5, 0.6) is 5.75 Å². The fourth-order valence-electron chi connectivity index (χ4n) is 3.02. The van der Waals surface area contributed by atoms with E-state index in [1.54, 1.807) is 19.2 Å². The van der Waals surface area contributed by atoms with Crippen molar-refractivity contribution in [3.63, 3.8) is 0 Å². The van der Waals surface area contributed by atoms with Crippen molar-refractivity contribution in [2.75, 3.05) is 12.4 Å². The summed E-state index contributed by atoms with van der Waals surface area (Å²) in [5.41, 5.74) is 1.52. The highest BCUT2D eigenvalue weighted by molar-refractivity contribution is 7.18. The van der Waals surface area contributed by atoms with Crippen LogP contribution in [0.4, 0.5) is 9.52 Å². The lowest BCUT2D eigenvalue weighted by Crippen LogP contribution is -2.48. The van der Waals surface area contributed by atoms with Crippen LogP contribution in [-0.2, 0) is 16.0 Å². The molecule has 0 aliphatic rings. The van der Waals surface area contributed by atoms with E-state index < -0.39 is 6.04 Å². The molecule has 32 heavy (non-hydrogen) atoms. The van der Waals surface area contributed by atoms with Gasteiger partial charge < -0.3 is 10.1 Å². The Morgan fingerprint density at radius 3 is 2.41 bits per heavy atom. The molecule has 7 nitrogen and oxygen atoms in total. The molecule has 0 aliphatic heterocycles. The average molecular weight is 457 g/mol. The first-order chi connectivity index (χ1) is 15.4. The average Bonchev–Trinajstić information content (AvgIpc) is 3.27. The third kappa shape index (κ3) is 6.10. The predicted molar refractivity (Wildman–Crippen MR) is 122 cm³/mol. The summed E-state index contributed by atoms with van der Waals surface area (Å²) in [5, 5.41) is 14.8. The highest BCUT2D eigenvalue weighted by Crippen LogP contribution is 2.28. The Morgan fingerprint density at radius 1 is 1.09 bits per heavy atom. The lowest BCUT2D eigenvalue weighted by molar-refractivity contribution is -0.127. The van der Waals surface area contributed by atoms with Gasteiger partial charge in [-0.1, -0.05) is 43.7 Å². The van der Waals surface area contributed by atoms with Crippen molar-refractivity contribution < 1.29 is 18.7 Å². The number of nitrogens with one attached hydrogen (secondary N) is 2. The number of carbonyl (C=O) groups is 2. The van der Waals surface area contributed by atoms with Gasteiger partial charge in [0.1, 0.15) is 22.6 Å². The fourth-order valence-corrected chi connectivity index (χ4v) is 3.77. The molecule has 0 saturated heterocycles. The van der Waals surface area contributed by atoms with Crippen LogP contribution in [0.2, 0.25) is 0 Å². The Bertz CT molecular complexity index is 1050. The number of ether oxygens (including phenoxy) is 1. The molecule has 3 aromatic rings. The molecule has 168 valence electrons. The molecule has 0 spiro atoms. The van der Waals surface area contributed by atoms with Crippen molar-refractivity contribution in [2.24, 2.45) is 5.92 Å². The van der Waals surface area contributed by atoms with E-state index in [0.29, 0.717) is 22.1 Å². The van der Waals surface area contributed by atoms with Crippen LogP contribution >= 0.6 is 11.3 Å². The van der Waals surface area contributed by atoms with Crippen molar-refractivity contribution in [2.45, 2.75) is 32.7 Å². The Morgan fingerprint density at radius 2 is 1.78 bits per heavy atom. The number of rotatable bonds is 9. The van der Waals surface area contributed by atoms with E-state index in [9.17, 15) is 14.0 Å². The number of aromatic nitrogens is 2. The number of amides is 2. The zero-order chi connectivity index (χ0) is 23.1. The van der Waals surface area contributed by atoms with Gasteiger partial charge in [-0.2, -0.15) is 0 Å². The first-order valence-electron chi connectivity index (χ1n) is 10.2. The third-order valence-electron chi connectivity index (χ3n) is 5.08. The first-order valence-corrected chi connectivity index (χ1v) is 11.0. The molecule has 2 aromatic carbocycles. The van der Waals surface area contributed by atoms with Crippen LogP contribution in [0.1, 0.15) is 25.8 Å². The van der Waals surface area contributed by atoms with Gasteiger partial charge in [0.15, 0.2) is 0 Å². The normalized spacial score (nSPS) is 12.6. The molecule has 0 fully saturated rings. The van der Waals surface area contributed by atoms with E-state index in [-0.39, 0.29) is 30.0 Å². The number of benzene rings is 2. The topological polar surface area (TPSA) is 93.2 Å². The number of carbonyl (C=O) groups excluding carboxylic acids is 2. The summed E-state index contributed by atoms with van der Waals surface area (Å²) in [6, 6.07) is 12.3. The van der Waals surface area contributed by atoms with E-state index in [1.807, 2.05) is 38.1 Å². The first kappa shape index (κ1) is 23.3. The van der Waals surface area contributed by atoms with Crippen LogP contribution in [0.3, 0.4) is 0 Å². The number of nitrogens with zero attached hydrogens (tertiary/aromatic N) is 2. The molecule has 9 heteroatoms. The van der Waals surface area contributed by atoms with Gasteiger partial charge in [-0.05, 0) is 47.9 Å². The van der Waals surface area contributed by atoms with Crippen LogP contribution < -0.4 is 15.4 Å². The van der Waals surface area contributed by atoms with Gasteiger partial charge in [-0.25, -0.2) is 4.39 Å². The summed E-state index contributed by atoms with van der Waals surface area (Å²) in [7, 11) is 1.60. The molecular weight excluding hydrogens is 431 g/mol. The van der Waals surface area contributed by atoms with Crippen LogP contribution in [0, 0.1) is 11.7 Å². The number of hydrogen-bond acceptors (Lipinski definition) is 6. The van der Waals surface area contributed by atoms with Gasteiger partial charge in [0, 0.05) is 5.56 Å². The molecule has 3 rings (SSSR count). The van der Waals surface area contributed by atoms with Gasteiger partial charge in [0.25, 0.3) is 0 Å². The smallest absolute Gasteiger partial charge is 0.249 e. The van der Waals surface area contributed by atoms with E-state index >= 15 is 0 Å². The van der Waals surface area contributed by atoms with Crippen LogP contribution in [0.15, 0.2) is 48.5 Å². The predicted octanol–water partition coefficient (Wildman–Crippen LogP) is 4.06. The lowest BCUT2D eigenvalue weighted by atomic mass is 9.98. The molecule has 2 amide bonds. The number of halogens is 1. The van der Waals surface area contributed by atoms with E-state index in [2.05, 4.69) is 20.8 Å². The Hall–Kier alpha value is -3.33. The molecule has 0 saturated carbocycles. The molecule has 0 aliphatic carbocycles. The highest BCUT2D eigenvalue weighted by Gasteiger charge is 2.27. The summed E-state index contributed by atoms with van der Waals surface area (Å²) < 4.78 is 18.2. The Labute approximate surface area is 190 Å². The van der Waals surface area contributed by atoms with Crippen molar-refractivity contribution in [1.29, 1.82) is 0 Å². The molecule has 2 unspecified atom stereocenters.